The van der Waals surface area contributed by atoms with Crippen molar-refractivity contribution >= 4 is 5.91 Å². The maximum absolute atomic E-state index is 13.6. The summed E-state index contributed by atoms with van der Waals surface area (Å²) in [6.45, 7) is 9.09. The summed E-state index contributed by atoms with van der Waals surface area (Å²) in [5, 5.41) is 0. The number of hydrogen-bond acceptors (Lipinski definition) is 5. The van der Waals surface area contributed by atoms with Crippen molar-refractivity contribution in [1.82, 2.24) is 14.7 Å². The van der Waals surface area contributed by atoms with Gasteiger partial charge in [0, 0.05) is 64.5 Å². The van der Waals surface area contributed by atoms with E-state index >= 15 is 0 Å². The molecule has 2 fully saturated rings. The molecule has 4 rings (SSSR count). The Kier molecular flexibility index (Phi) is 10.2. The number of alkyl halides is 6. The Hall–Kier alpha value is -2.67. The lowest BCUT2D eigenvalue weighted by Gasteiger charge is -2.43. The van der Waals surface area contributed by atoms with Crippen molar-refractivity contribution in [3.63, 3.8) is 0 Å². The number of amides is 1. The van der Waals surface area contributed by atoms with E-state index in [1.807, 2.05) is 32.0 Å². The van der Waals surface area contributed by atoms with Gasteiger partial charge in [0.25, 0.3) is 5.91 Å². The van der Waals surface area contributed by atoms with Gasteiger partial charge in [0.1, 0.15) is 0 Å². The third kappa shape index (κ3) is 8.24. The van der Waals surface area contributed by atoms with E-state index in [0.717, 1.165) is 36.3 Å². The number of morpholine rings is 1. The second-order valence-corrected chi connectivity index (χ2v) is 11.1. The molecule has 2 heterocycles. The van der Waals surface area contributed by atoms with E-state index in [-0.39, 0.29) is 18.7 Å². The molecule has 42 heavy (non-hydrogen) atoms. The lowest BCUT2D eigenvalue weighted by molar-refractivity contribution is -0.143. The molecule has 6 nitrogen and oxygen atoms in total. The Morgan fingerprint density at radius 2 is 1.52 bits per heavy atom. The molecule has 2 atom stereocenters. The minimum atomic E-state index is -5.03. The van der Waals surface area contributed by atoms with Crippen LogP contribution in [0.1, 0.15) is 38.2 Å². The molecule has 0 spiro atoms. The molecule has 12 heteroatoms. The van der Waals surface area contributed by atoms with Gasteiger partial charge in [-0.15, -0.1) is 0 Å². The largest absolute Gasteiger partial charge is 0.416 e. The van der Waals surface area contributed by atoms with Crippen LogP contribution in [0.2, 0.25) is 0 Å². The van der Waals surface area contributed by atoms with Gasteiger partial charge in [-0.1, -0.05) is 18.2 Å². The zero-order chi connectivity index (χ0) is 30.7. The second-order valence-electron chi connectivity index (χ2n) is 11.1. The number of halogens is 6. The van der Waals surface area contributed by atoms with Crippen LogP contribution in [0.3, 0.4) is 0 Å². The van der Waals surface area contributed by atoms with Crippen LogP contribution < -0.4 is 0 Å². The molecule has 2 aromatic carbocycles. The third-order valence-electron chi connectivity index (χ3n) is 8.01. The zero-order valence-corrected chi connectivity index (χ0v) is 24.0. The van der Waals surface area contributed by atoms with E-state index < -0.39 is 41.0 Å². The van der Waals surface area contributed by atoms with Gasteiger partial charge in [-0.2, -0.15) is 26.3 Å². The molecule has 0 saturated carbocycles. The minimum absolute atomic E-state index is 0.00945. The Morgan fingerprint density at radius 1 is 0.881 bits per heavy atom. The average molecular weight is 602 g/mol. The first-order valence-corrected chi connectivity index (χ1v) is 14.0. The van der Waals surface area contributed by atoms with Crippen LogP contribution in [0.15, 0.2) is 36.4 Å². The second kappa shape index (κ2) is 13.3. The predicted molar refractivity (Wildman–Crippen MR) is 145 cm³/mol. The predicted octanol–water partition coefficient (Wildman–Crippen LogP) is 5.06. The molecule has 232 valence electrons. The fourth-order valence-electron chi connectivity index (χ4n) is 5.56. The number of aryl methyl sites for hydroxylation is 2. The number of methoxy groups -OCH3 is 1. The lowest BCUT2D eigenvalue weighted by Crippen LogP contribution is -2.57. The molecule has 1 amide bonds. The first-order chi connectivity index (χ1) is 19.7. The van der Waals surface area contributed by atoms with Crippen molar-refractivity contribution in [2.24, 2.45) is 0 Å². The van der Waals surface area contributed by atoms with Gasteiger partial charge in [-0.3, -0.25) is 14.6 Å². The van der Waals surface area contributed by atoms with E-state index in [1.54, 1.807) is 7.11 Å². The monoisotopic (exact) mass is 601 g/mol. The SMILES string of the molecule is COCC1CN(CCN2CCN(C(=O)c3cc(C(F)(F)F)cc(C(F)(F)F)c3)C(Cc3ccc(C)c(C)c3)C2)CCO1. The Labute approximate surface area is 242 Å². The molecule has 0 aromatic heterocycles. The number of benzene rings is 2. The number of piperazine rings is 1. The molecule has 0 N–H and O–H groups in total. The molecule has 2 aliphatic rings. The van der Waals surface area contributed by atoms with Crippen molar-refractivity contribution in [3.8, 4) is 0 Å². The van der Waals surface area contributed by atoms with Crippen LogP contribution in [0.4, 0.5) is 26.3 Å². The number of nitrogens with zero attached hydrogens (tertiary/aromatic N) is 3. The van der Waals surface area contributed by atoms with E-state index in [4.69, 9.17) is 9.47 Å². The number of rotatable bonds is 8. The van der Waals surface area contributed by atoms with Crippen LogP contribution in [0.5, 0.6) is 0 Å². The fourth-order valence-corrected chi connectivity index (χ4v) is 5.56. The Bertz CT molecular complexity index is 1200. The zero-order valence-electron chi connectivity index (χ0n) is 24.0. The van der Waals surface area contributed by atoms with E-state index in [1.165, 1.54) is 4.90 Å². The highest BCUT2D eigenvalue weighted by Crippen LogP contribution is 2.37. The van der Waals surface area contributed by atoms with Crippen molar-refractivity contribution in [3.05, 3.63) is 69.8 Å². The number of hydrogen-bond donors (Lipinski definition) is 0. The summed E-state index contributed by atoms with van der Waals surface area (Å²) < 4.78 is 92.0. The molecule has 2 saturated heterocycles. The van der Waals surface area contributed by atoms with Crippen molar-refractivity contribution < 1.29 is 40.6 Å². The summed E-state index contributed by atoms with van der Waals surface area (Å²) >= 11 is 0. The van der Waals surface area contributed by atoms with Crippen LogP contribution >= 0.6 is 0 Å². The molecule has 0 aliphatic carbocycles. The summed E-state index contributed by atoms with van der Waals surface area (Å²) in [5.41, 5.74) is -0.516. The van der Waals surface area contributed by atoms with Gasteiger partial charge in [0.05, 0.1) is 30.4 Å². The van der Waals surface area contributed by atoms with Crippen LogP contribution in [-0.2, 0) is 28.2 Å². The van der Waals surface area contributed by atoms with E-state index in [9.17, 15) is 31.1 Å². The first kappa shape index (κ1) is 32.2. The van der Waals surface area contributed by atoms with Gasteiger partial charge >= 0.3 is 12.4 Å². The summed E-state index contributed by atoms with van der Waals surface area (Å²) in [4.78, 5) is 19.5. The highest BCUT2D eigenvalue weighted by atomic mass is 19.4. The summed E-state index contributed by atoms with van der Waals surface area (Å²) in [5.74, 6) is -0.837. The highest BCUT2D eigenvalue weighted by molar-refractivity contribution is 5.95. The minimum Gasteiger partial charge on any atom is -0.382 e. The van der Waals surface area contributed by atoms with Crippen LogP contribution in [0.25, 0.3) is 0 Å². The molecule has 2 aliphatic heterocycles. The maximum atomic E-state index is 13.6. The third-order valence-corrected chi connectivity index (χ3v) is 8.01. The molecule has 2 aromatic rings. The number of carbonyl (C=O) groups excluding carboxylic acids is 1. The van der Waals surface area contributed by atoms with E-state index in [2.05, 4.69) is 9.80 Å². The molecule has 0 radical (unpaired) electrons. The summed E-state index contributed by atoms with van der Waals surface area (Å²) in [6.07, 6.45) is -9.66. The standard InChI is InChI=1S/C30H37F6N3O3/c1-20-4-5-22(12-21(20)2)13-26-17-37(6-7-38-10-11-42-27(18-38)19-41-3)8-9-39(26)28(40)23-14-24(29(31,32)33)16-25(15-23)30(34,35)36/h4-5,12,14-16,26-27H,6-11,13,17-19H2,1-3H3. The maximum Gasteiger partial charge on any atom is 0.416 e. The molecule has 0 bridgehead atoms. The average Bonchev–Trinajstić information content (AvgIpc) is 2.93. The first-order valence-electron chi connectivity index (χ1n) is 14.0. The topological polar surface area (TPSA) is 45.2 Å². The van der Waals surface area contributed by atoms with Crippen molar-refractivity contribution in [1.29, 1.82) is 0 Å². The van der Waals surface area contributed by atoms with Gasteiger partial charge in [0.15, 0.2) is 0 Å². The van der Waals surface area contributed by atoms with Gasteiger partial charge in [-0.05, 0) is 55.2 Å². The molecular weight excluding hydrogens is 564 g/mol. The smallest absolute Gasteiger partial charge is 0.382 e. The Balaban J connectivity index is 1.56. The van der Waals surface area contributed by atoms with Crippen LogP contribution in [0, 0.1) is 13.8 Å². The quantitative estimate of drug-likeness (QED) is 0.396. The summed E-state index contributed by atoms with van der Waals surface area (Å²) in [6, 6.07) is 6.56. The van der Waals surface area contributed by atoms with Crippen LogP contribution in [-0.4, -0.2) is 98.9 Å². The van der Waals surface area contributed by atoms with Gasteiger partial charge in [-0.25, -0.2) is 0 Å². The van der Waals surface area contributed by atoms with Crippen molar-refractivity contribution in [2.75, 3.05) is 66.1 Å². The number of ether oxygens (including phenoxy) is 2. The van der Waals surface area contributed by atoms with E-state index in [0.29, 0.717) is 51.4 Å². The lowest BCUT2D eigenvalue weighted by atomic mass is 9.97. The fraction of sp³-hybridized carbons (Fsp3) is 0.567. The number of carbonyl (C=O) groups is 1. The highest BCUT2D eigenvalue weighted by Gasteiger charge is 2.39. The van der Waals surface area contributed by atoms with Crippen molar-refractivity contribution in [2.45, 2.75) is 44.8 Å². The Morgan fingerprint density at radius 3 is 2.12 bits per heavy atom. The van der Waals surface area contributed by atoms with Gasteiger partial charge in [0.2, 0.25) is 0 Å². The van der Waals surface area contributed by atoms with Gasteiger partial charge < -0.3 is 14.4 Å². The molecular formula is C30H37F6N3O3. The molecule has 2 unspecified atom stereocenters. The summed E-state index contributed by atoms with van der Waals surface area (Å²) in [7, 11) is 1.63. The normalized spacial score (nSPS) is 21.1.